The van der Waals surface area contributed by atoms with Crippen molar-refractivity contribution in [3.05, 3.63) is 94.6 Å². The Morgan fingerprint density at radius 1 is 1.00 bits per heavy atom. The molecule has 1 unspecified atom stereocenters. The molecule has 0 bridgehead atoms. The van der Waals surface area contributed by atoms with Gasteiger partial charge in [-0.15, -0.1) is 0 Å². The van der Waals surface area contributed by atoms with E-state index >= 15 is 0 Å². The standard InChI is InChI=1S/C30H31NO5/c1-6-35-24-12-8-10-21(17-24)27-26(28(32)22-13-14-25(20(5)16-22)36-18(2)3)29(33)30(34)31(27)23-11-7-9-19(4)15-23/h7-18,27,32H,6H2,1-5H3/b28-26+. The van der Waals surface area contributed by atoms with Gasteiger partial charge in [-0.1, -0.05) is 24.3 Å². The summed E-state index contributed by atoms with van der Waals surface area (Å²) in [6, 6.07) is 19.1. The number of aliphatic hydroxyl groups is 1. The first-order valence-corrected chi connectivity index (χ1v) is 12.1. The molecule has 3 aromatic rings. The Morgan fingerprint density at radius 2 is 1.75 bits per heavy atom. The van der Waals surface area contributed by atoms with Crippen LogP contribution in [0.2, 0.25) is 0 Å². The second-order valence-electron chi connectivity index (χ2n) is 9.16. The number of carbonyl (C=O) groups excluding carboxylic acids is 2. The van der Waals surface area contributed by atoms with Crippen molar-refractivity contribution in [3.63, 3.8) is 0 Å². The Balaban J connectivity index is 1.90. The van der Waals surface area contributed by atoms with E-state index < -0.39 is 17.7 Å². The highest BCUT2D eigenvalue weighted by atomic mass is 16.5. The number of nitrogens with zero attached hydrogens (tertiary/aromatic N) is 1. The number of aliphatic hydroxyl groups excluding tert-OH is 1. The fourth-order valence-corrected chi connectivity index (χ4v) is 4.47. The minimum Gasteiger partial charge on any atom is -0.507 e. The van der Waals surface area contributed by atoms with E-state index in [1.807, 2.05) is 71.0 Å². The Kier molecular flexibility index (Phi) is 7.15. The van der Waals surface area contributed by atoms with Crippen LogP contribution in [-0.4, -0.2) is 29.5 Å². The Bertz CT molecular complexity index is 1340. The zero-order valence-electron chi connectivity index (χ0n) is 21.2. The number of rotatable bonds is 7. The van der Waals surface area contributed by atoms with E-state index in [4.69, 9.17) is 9.47 Å². The maximum absolute atomic E-state index is 13.4. The van der Waals surface area contributed by atoms with Crippen LogP contribution in [-0.2, 0) is 9.59 Å². The summed E-state index contributed by atoms with van der Waals surface area (Å²) in [6.45, 7) is 10.1. The fraction of sp³-hybridized carbons (Fsp3) is 0.267. The number of anilines is 1. The maximum atomic E-state index is 13.4. The highest BCUT2D eigenvalue weighted by molar-refractivity contribution is 6.51. The van der Waals surface area contributed by atoms with Crippen LogP contribution >= 0.6 is 0 Å². The van der Waals surface area contributed by atoms with Crippen LogP contribution in [0, 0.1) is 13.8 Å². The molecular formula is C30H31NO5. The Hall–Kier alpha value is -4.06. The van der Waals surface area contributed by atoms with Crippen LogP contribution in [0.1, 0.15) is 49.1 Å². The van der Waals surface area contributed by atoms with Crippen molar-refractivity contribution < 1.29 is 24.2 Å². The minimum absolute atomic E-state index is 0.000386. The third-order valence-electron chi connectivity index (χ3n) is 6.02. The van der Waals surface area contributed by atoms with Crippen LogP contribution in [0.15, 0.2) is 72.3 Å². The van der Waals surface area contributed by atoms with E-state index in [9.17, 15) is 14.7 Å². The van der Waals surface area contributed by atoms with Crippen molar-refractivity contribution in [1.82, 2.24) is 0 Å². The third-order valence-corrected chi connectivity index (χ3v) is 6.02. The molecule has 1 atom stereocenters. The molecule has 0 aromatic heterocycles. The lowest BCUT2D eigenvalue weighted by molar-refractivity contribution is -0.132. The molecule has 1 saturated heterocycles. The first kappa shape index (κ1) is 25.0. The zero-order valence-corrected chi connectivity index (χ0v) is 21.2. The topological polar surface area (TPSA) is 76.1 Å². The van der Waals surface area contributed by atoms with Gasteiger partial charge in [0.1, 0.15) is 17.3 Å². The first-order chi connectivity index (χ1) is 17.2. The summed E-state index contributed by atoms with van der Waals surface area (Å²) < 4.78 is 11.5. The number of hydrogen-bond acceptors (Lipinski definition) is 5. The van der Waals surface area contributed by atoms with Crippen molar-refractivity contribution >= 4 is 23.1 Å². The lowest BCUT2D eigenvalue weighted by Gasteiger charge is -2.26. The molecular weight excluding hydrogens is 454 g/mol. The van der Waals surface area contributed by atoms with Gasteiger partial charge in [-0.3, -0.25) is 14.5 Å². The van der Waals surface area contributed by atoms with Crippen molar-refractivity contribution in [2.45, 2.75) is 46.8 Å². The van der Waals surface area contributed by atoms with Gasteiger partial charge in [0.2, 0.25) is 0 Å². The Labute approximate surface area is 211 Å². The Morgan fingerprint density at radius 3 is 2.42 bits per heavy atom. The van der Waals surface area contributed by atoms with Gasteiger partial charge in [-0.25, -0.2) is 0 Å². The number of Topliss-reactive ketones (excluding diaryl/α,β-unsaturated/α-hetero) is 1. The van der Waals surface area contributed by atoms with E-state index in [0.717, 1.165) is 11.1 Å². The maximum Gasteiger partial charge on any atom is 0.300 e. The average molecular weight is 486 g/mol. The largest absolute Gasteiger partial charge is 0.507 e. The lowest BCUT2D eigenvalue weighted by atomic mass is 9.94. The molecule has 6 heteroatoms. The summed E-state index contributed by atoms with van der Waals surface area (Å²) in [4.78, 5) is 28.2. The molecule has 1 N–H and O–H groups in total. The van der Waals surface area contributed by atoms with Crippen LogP contribution in [0.25, 0.3) is 5.76 Å². The molecule has 0 aliphatic carbocycles. The molecule has 4 rings (SSSR count). The van der Waals surface area contributed by atoms with Crippen LogP contribution in [0.3, 0.4) is 0 Å². The van der Waals surface area contributed by atoms with Crippen LogP contribution in [0.5, 0.6) is 11.5 Å². The summed E-state index contributed by atoms with van der Waals surface area (Å²) in [5, 5.41) is 11.4. The number of ketones is 1. The average Bonchev–Trinajstić information content (AvgIpc) is 3.10. The number of aryl methyl sites for hydroxylation is 2. The summed E-state index contributed by atoms with van der Waals surface area (Å²) >= 11 is 0. The summed E-state index contributed by atoms with van der Waals surface area (Å²) in [5.74, 6) is -0.334. The summed E-state index contributed by atoms with van der Waals surface area (Å²) in [6.07, 6.45) is 0.000386. The van der Waals surface area contributed by atoms with Gasteiger partial charge < -0.3 is 14.6 Å². The number of carbonyl (C=O) groups is 2. The molecule has 1 fully saturated rings. The molecule has 3 aromatic carbocycles. The van der Waals surface area contributed by atoms with E-state index in [2.05, 4.69) is 0 Å². The molecule has 0 radical (unpaired) electrons. The van der Waals surface area contributed by atoms with Gasteiger partial charge in [-0.05, 0) is 93.8 Å². The summed E-state index contributed by atoms with van der Waals surface area (Å²) in [5.41, 5.74) is 3.49. The number of benzene rings is 3. The van der Waals surface area contributed by atoms with Crippen molar-refractivity contribution in [2.24, 2.45) is 0 Å². The van der Waals surface area contributed by atoms with E-state index in [0.29, 0.717) is 34.9 Å². The smallest absolute Gasteiger partial charge is 0.300 e. The molecule has 1 amide bonds. The van der Waals surface area contributed by atoms with E-state index in [1.165, 1.54) is 4.90 Å². The van der Waals surface area contributed by atoms with Crippen molar-refractivity contribution in [3.8, 4) is 11.5 Å². The summed E-state index contributed by atoms with van der Waals surface area (Å²) in [7, 11) is 0. The predicted molar refractivity (Wildman–Crippen MR) is 141 cm³/mol. The normalized spacial score (nSPS) is 17.1. The molecule has 0 spiro atoms. The van der Waals surface area contributed by atoms with Gasteiger partial charge >= 0.3 is 0 Å². The van der Waals surface area contributed by atoms with Crippen LogP contribution < -0.4 is 14.4 Å². The molecule has 1 heterocycles. The van der Waals surface area contributed by atoms with Gasteiger partial charge in [-0.2, -0.15) is 0 Å². The van der Waals surface area contributed by atoms with Gasteiger partial charge in [0.15, 0.2) is 0 Å². The minimum atomic E-state index is -0.820. The number of amides is 1. The van der Waals surface area contributed by atoms with Crippen LogP contribution in [0.4, 0.5) is 5.69 Å². The van der Waals surface area contributed by atoms with Crippen molar-refractivity contribution in [2.75, 3.05) is 11.5 Å². The van der Waals surface area contributed by atoms with E-state index in [1.54, 1.807) is 30.3 Å². The highest BCUT2D eigenvalue weighted by Crippen LogP contribution is 2.43. The molecule has 186 valence electrons. The predicted octanol–water partition coefficient (Wildman–Crippen LogP) is 6.12. The fourth-order valence-electron chi connectivity index (χ4n) is 4.47. The molecule has 1 aliphatic heterocycles. The first-order valence-electron chi connectivity index (χ1n) is 12.1. The second kappa shape index (κ2) is 10.3. The molecule has 0 saturated carbocycles. The lowest BCUT2D eigenvalue weighted by Crippen LogP contribution is -2.29. The van der Waals surface area contributed by atoms with Crippen molar-refractivity contribution in [1.29, 1.82) is 0 Å². The quantitative estimate of drug-likeness (QED) is 0.248. The van der Waals surface area contributed by atoms with Gasteiger partial charge in [0.25, 0.3) is 11.7 Å². The number of hydrogen-bond donors (Lipinski definition) is 1. The number of ether oxygens (including phenoxy) is 2. The molecule has 36 heavy (non-hydrogen) atoms. The van der Waals surface area contributed by atoms with Gasteiger partial charge in [0, 0.05) is 11.3 Å². The second-order valence-corrected chi connectivity index (χ2v) is 9.16. The highest BCUT2D eigenvalue weighted by Gasteiger charge is 2.47. The monoisotopic (exact) mass is 485 g/mol. The third kappa shape index (κ3) is 4.85. The van der Waals surface area contributed by atoms with E-state index in [-0.39, 0.29) is 17.4 Å². The zero-order chi connectivity index (χ0) is 26.0. The molecule has 6 nitrogen and oxygen atoms in total. The van der Waals surface area contributed by atoms with Gasteiger partial charge in [0.05, 0.1) is 24.3 Å². The SMILES string of the molecule is CCOc1cccc(C2/C(=C(\O)c3ccc(OC(C)C)c(C)c3)C(=O)C(=O)N2c2cccc(C)c2)c1. The molecule has 1 aliphatic rings.